The van der Waals surface area contributed by atoms with E-state index in [1.807, 2.05) is 6.92 Å². The normalized spacial score (nSPS) is 10.8. The number of hydrogen-bond acceptors (Lipinski definition) is 5. The zero-order valence-corrected chi connectivity index (χ0v) is 11.4. The van der Waals surface area contributed by atoms with Gasteiger partial charge in [0, 0.05) is 12.4 Å². The topological polar surface area (TPSA) is 89.6 Å². The standard InChI is InChI=1S/C14H12N4O3/c1-8-3-4-10(14(19)20)11(7-8)21-13-12-17-16-9(2)18(12)6-5-15-13/h3-7H,1-2H3,(H,19,20). The Morgan fingerprint density at radius 3 is 2.86 bits per heavy atom. The molecule has 3 aromatic rings. The molecule has 0 amide bonds. The number of rotatable bonds is 3. The van der Waals surface area contributed by atoms with Gasteiger partial charge >= 0.3 is 5.97 Å². The van der Waals surface area contributed by atoms with E-state index in [9.17, 15) is 9.90 Å². The lowest BCUT2D eigenvalue weighted by Gasteiger charge is -2.09. The molecule has 1 aromatic carbocycles. The van der Waals surface area contributed by atoms with Gasteiger partial charge in [-0.05, 0) is 31.5 Å². The summed E-state index contributed by atoms with van der Waals surface area (Å²) in [5, 5.41) is 17.2. The van der Waals surface area contributed by atoms with Crippen LogP contribution < -0.4 is 4.74 Å². The molecule has 3 rings (SSSR count). The Hall–Kier alpha value is -2.96. The maximum atomic E-state index is 11.3. The van der Waals surface area contributed by atoms with Crippen molar-refractivity contribution in [2.24, 2.45) is 0 Å². The average Bonchev–Trinajstić information content (AvgIpc) is 2.82. The molecule has 0 aliphatic carbocycles. The SMILES string of the molecule is Cc1ccc(C(=O)O)c(Oc2nccn3c(C)nnc23)c1. The molecule has 0 spiro atoms. The molecule has 0 aliphatic rings. The lowest BCUT2D eigenvalue weighted by molar-refractivity contribution is 0.0694. The van der Waals surface area contributed by atoms with E-state index in [0.717, 1.165) is 5.56 Å². The second kappa shape index (κ2) is 4.86. The number of carboxylic acids is 1. The lowest BCUT2D eigenvalue weighted by atomic mass is 10.1. The Kier molecular flexibility index (Phi) is 3.02. The molecule has 2 heterocycles. The maximum absolute atomic E-state index is 11.3. The molecule has 0 bridgehead atoms. The van der Waals surface area contributed by atoms with E-state index in [1.54, 1.807) is 35.9 Å². The fraction of sp³-hybridized carbons (Fsp3) is 0.143. The quantitative estimate of drug-likeness (QED) is 0.793. The van der Waals surface area contributed by atoms with Crippen molar-refractivity contribution < 1.29 is 14.6 Å². The third kappa shape index (κ3) is 2.29. The Morgan fingerprint density at radius 1 is 1.29 bits per heavy atom. The van der Waals surface area contributed by atoms with E-state index in [1.165, 1.54) is 6.07 Å². The van der Waals surface area contributed by atoms with E-state index < -0.39 is 5.97 Å². The Labute approximate surface area is 119 Å². The summed E-state index contributed by atoms with van der Waals surface area (Å²) >= 11 is 0. The molecule has 1 N–H and O–H groups in total. The molecule has 0 saturated carbocycles. The summed E-state index contributed by atoms with van der Waals surface area (Å²) in [5.74, 6) is 0.0736. The van der Waals surface area contributed by atoms with Crippen LogP contribution in [0.25, 0.3) is 5.65 Å². The van der Waals surface area contributed by atoms with Gasteiger partial charge in [0.2, 0.25) is 5.65 Å². The van der Waals surface area contributed by atoms with Gasteiger partial charge in [-0.2, -0.15) is 0 Å². The van der Waals surface area contributed by atoms with Crippen molar-refractivity contribution in [1.82, 2.24) is 19.6 Å². The van der Waals surface area contributed by atoms with Gasteiger partial charge in [0.1, 0.15) is 17.1 Å². The van der Waals surface area contributed by atoms with Gasteiger partial charge in [0.15, 0.2) is 0 Å². The van der Waals surface area contributed by atoms with Gasteiger partial charge in [-0.1, -0.05) is 6.07 Å². The Bertz CT molecular complexity index is 841. The number of carbonyl (C=O) groups is 1. The number of benzene rings is 1. The van der Waals surface area contributed by atoms with Crippen LogP contribution in [0, 0.1) is 13.8 Å². The van der Waals surface area contributed by atoms with Crippen LogP contribution in [0.15, 0.2) is 30.6 Å². The first-order chi connectivity index (χ1) is 10.1. The molecular formula is C14H12N4O3. The molecule has 21 heavy (non-hydrogen) atoms. The van der Waals surface area contributed by atoms with Crippen LogP contribution in [0.3, 0.4) is 0 Å². The van der Waals surface area contributed by atoms with Crippen LogP contribution in [-0.2, 0) is 0 Å². The molecule has 0 unspecified atom stereocenters. The molecule has 0 radical (unpaired) electrons. The minimum Gasteiger partial charge on any atom is -0.478 e. The zero-order valence-electron chi connectivity index (χ0n) is 11.4. The fourth-order valence-corrected chi connectivity index (χ4v) is 1.99. The number of carboxylic acid groups (broad SMARTS) is 1. The average molecular weight is 284 g/mol. The zero-order chi connectivity index (χ0) is 15.0. The molecule has 0 atom stereocenters. The van der Waals surface area contributed by atoms with Crippen LogP contribution in [0.1, 0.15) is 21.7 Å². The molecule has 106 valence electrons. The Balaban J connectivity index is 2.10. The number of aromatic carboxylic acids is 1. The second-order valence-corrected chi connectivity index (χ2v) is 4.58. The van der Waals surface area contributed by atoms with Crippen LogP contribution in [0.5, 0.6) is 11.6 Å². The largest absolute Gasteiger partial charge is 0.478 e. The fourth-order valence-electron chi connectivity index (χ4n) is 1.99. The van der Waals surface area contributed by atoms with E-state index in [0.29, 0.717) is 11.5 Å². The van der Waals surface area contributed by atoms with Crippen LogP contribution in [0.4, 0.5) is 0 Å². The molecule has 0 saturated heterocycles. The predicted molar refractivity (Wildman–Crippen MR) is 73.7 cm³/mol. The molecule has 7 nitrogen and oxygen atoms in total. The highest BCUT2D eigenvalue weighted by Gasteiger charge is 2.15. The van der Waals surface area contributed by atoms with E-state index in [2.05, 4.69) is 15.2 Å². The monoisotopic (exact) mass is 284 g/mol. The van der Waals surface area contributed by atoms with Crippen molar-refractivity contribution >= 4 is 11.6 Å². The van der Waals surface area contributed by atoms with Crippen LogP contribution >= 0.6 is 0 Å². The molecule has 7 heteroatoms. The summed E-state index contributed by atoms with van der Waals surface area (Å²) in [6, 6.07) is 4.87. The van der Waals surface area contributed by atoms with Crippen molar-refractivity contribution in [2.75, 3.05) is 0 Å². The van der Waals surface area contributed by atoms with Gasteiger partial charge in [0.25, 0.3) is 5.88 Å². The minimum absolute atomic E-state index is 0.0700. The third-order valence-electron chi connectivity index (χ3n) is 3.04. The first-order valence-corrected chi connectivity index (χ1v) is 6.24. The van der Waals surface area contributed by atoms with Crippen molar-refractivity contribution in [3.05, 3.63) is 47.5 Å². The second-order valence-electron chi connectivity index (χ2n) is 4.58. The summed E-state index contributed by atoms with van der Waals surface area (Å²) in [4.78, 5) is 15.4. The smallest absolute Gasteiger partial charge is 0.339 e. The summed E-state index contributed by atoms with van der Waals surface area (Å²) in [5.41, 5.74) is 1.40. The van der Waals surface area contributed by atoms with E-state index in [-0.39, 0.29) is 17.2 Å². The number of fused-ring (bicyclic) bond motifs is 1. The summed E-state index contributed by atoms with van der Waals surface area (Å²) < 4.78 is 7.38. The van der Waals surface area contributed by atoms with Crippen LogP contribution in [-0.4, -0.2) is 30.7 Å². The minimum atomic E-state index is -1.06. The highest BCUT2D eigenvalue weighted by atomic mass is 16.5. The molecule has 0 fully saturated rings. The third-order valence-corrected chi connectivity index (χ3v) is 3.04. The molecular weight excluding hydrogens is 272 g/mol. The van der Waals surface area contributed by atoms with Gasteiger partial charge in [-0.15, -0.1) is 10.2 Å². The van der Waals surface area contributed by atoms with Gasteiger partial charge in [-0.3, -0.25) is 4.40 Å². The van der Waals surface area contributed by atoms with Crippen molar-refractivity contribution in [3.63, 3.8) is 0 Å². The highest BCUT2D eigenvalue weighted by molar-refractivity contribution is 5.91. The van der Waals surface area contributed by atoms with Crippen LogP contribution in [0.2, 0.25) is 0 Å². The first kappa shape index (κ1) is 13.0. The number of aromatic nitrogens is 4. The van der Waals surface area contributed by atoms with Gasteiger partial charge < -0.3 is 9.84 Å². The summed E-state index contributed by atoms with van der Waals surface area (Å²) in [7, 11) is 0. The number of aryl methyl sites for hydroxylation is 2. The molecule has 2 aromatic heterocycles. The number of ether oxygens (including phenoxy) is 1. The summed E-state index contributed by atoms with van der Waals surface area (Å²) in [6.07, 6.45) is 3.26. The van der Waals surface area contributed by atoms with Gasteiger partial charge in [-0.25, -0.2) is 9.78 Å². The number of nitrogens with zero attached hydrogens (tertiary/aromatic N) is 4. The number of hydrogen-bond donors (Lipinski definition) is 1. The highest BCUT2D eigenvalue weighted by Crippen LogP contribution is 2.27. The van der Waals surface area contributed by atoms with E-state index in [4.69, 9.17) is 4.74 Å². The maximum Gasteiger partial charge on any atom is 0.339 e. The van der Waals surface area contributed by atoms with Crippen molar-refractivity contribution in [3.8, 4) is 11.6 Å². The predicted octanol–water partition coefficient (Wildman–Crippen LogP) is 2.23. The van der Waals surface area contributed by atoms with E-state index >= 15 is 0 Å². The first-order valence-electron chi connectivity index (χ1n) is 6.24. The molecule has 0 aliphatic heterocycles. The lowest BCUT2D eigenvalue weighted by Crippen LogP contribution is -2.02. The summed E-state index contributed by atoms with van der Waals surface area (Å²) in [6.45, 7) is 3.66. The van der Waals surface area contributed by atoms with Crippen molar-refractivity contribution in [1.29, 1.82) is 0 Å². The van der Waals surface area contributed by atoms with Gasteiger partial charge in [0.05, 0.1) is 0 Å². The van der Waals surface area contributed by atoms with Crippen molar-refractivity contribution in [2.45, 2.75) is 13.8 Å². The Morgan fingerprint density at radius 2 is 2.10 bits per heavy atom.